The number of nitrogens with zero attached hydrogens (tertiary/aromatic N) is 4. The molecule has 0 atom stereocenters. The van der Waals surface area contributed by atoms with Gasteiger partial charge in [-0.2, -0.15) is 5.10 Å². The molecule has 23 heavy (non-hydrogen) atoms. The number of carbonyl (C=O) groups is 1. The van der Waals surface area contributed by atoms with Crippen molar-refractivity contribution in [1.29, 1.82) is 0 Å². The fraction of sp³-hybridized carbons (Fsp3) is 0.333. The molecule has 3 rings (SSSR count). The molecule has 3 aromatic rings. The van der Waals surface area contributed by atoms with Crippen molar-refractivity contribution in [2.75, 3.05) is 5.32 Å². The summed E-state index contributed by atoms with van der Waals surface area (Å²) in [7, 11) is 0. The number of aromatic amines is 1. The summed E-state index contributed by atoms with van der Waals surface area (Å²) in [5, 5.41) is 13.8. The molecular formula is C15H18N6O2. The van der Waals surface area contributed by atoms with Gasteiger partial charge in [0.15, 0.2) is 11.5 Å². The van der Waals surface area contributed by atoms with Crippen LogP contribution in [-0.4, -0.2) is 30.3 Å². The van der Waals surface area contributed by atoms with Gasteiger partial charge < -0.3 is 5.32 Å². The molecule has 0 bridgehead atoms. The standard InChI is InChI=1S/C15H18N6O2/c1-10(2)11-9-12(18-17-11)16-14(22)6-8-21-15(23)20-7-4-3-5-13(20)19-21/h3-5,7,9-10H,6,8H2,1-2H3,(H2,16,17,18,22). The maximum atomic E-state index is 12.1. The van der Waals surface area contributed by atoms with Crippen molar-refractivity contribution in [2.24, 2.45) is 0 Å². The third kappa shape index (κ3) is 3.15. The fourth-order valence-electron chi connectivity index (χ4n) is 2.22. The van der Waals surface area contributed by atoms with Crippen LogP contribution in [0.2, 0.25) is 0 Å². The molecular weight excluding hydrogens is 296 g/mol. The molecule has 0 aromatic carbocycles. The zero-order chi connectivity index (χ0) is 16.4. The highest BCUT2D eigenvalue weighted by atomic mass is 16.2. The number of fused-ring (bicyclic) bond motifs is 1. The van der Waals surface area contributed by atoms with Crippen LogP contribution in [0.3, 0.4) is 0 Å². The van der Waals surface area contributed by atoms with Crippen LogP contribution in [0, 0.1) is 0 Å². The highest BCUT2D eigenvalue weighted by Crippen LogP contribution is 2.14. The minimum absolute atomic E-state index is 0.146. The van der Waals surface area contributed by atoms with E-state index < -0.39 is 0 Å². The van der Waals surface area contributed by atoms with Crippen LogP contribution in [0.1, 0.15) is 31.9 Å². The molecule has 1 amide bonds. The van der Waals surface area contributed by atoms with Crippen molar-refractivity contribution < 1.29 is 4.79 Å². The SMILES string of the molecule is CC(C)c1cc(NC(=O)CCn2nc3ccccn3c2=O)n[nH]1. The first-order chi connectivity index (χ1) is 11.0. The monoisotopic (exact) mass is 314 g/mol. The smallest absolute Gasteiger partial charge is 0.309 e. The molecule has 0 aliphatic carbocycles. The number of hydrogen-bond donors (Lipinski definition) is 2. The third-order valence-corrected chi connectivity index (χ3v) is 3.53. The Morgan fingerprint density at radius 2 is 2.22 bits per heavy atom. The van der Waals surface area contributed by atoms with Crippen LogP contribution in [0.5, 0.6) is 0 Å². The summed E-state index contributed by atoms with van der Waals surface area (Å²) in [6.45, 7) is 4.29. The topological polar surface area (TPSA) is 97.1 Å². The van der Waals surface area contributed by atoms with Gasteiger partial charge in [0.25, 0.3) is 0 Å². The molecule has 0 fully saturated rings. The second-order valence-electron chi connectivity index (χ2n) is 5.60. The number of anilines is 1. The van der Waals surface area contributed by atoms with E-state index in [1.807, 2.05) is 19.9 Å². The zero-order valence-electron chi connectivity index (χ0n) is 13.0. The molecule has 3 aromatic heterocycles. The Kier molecular flexibility index (Phi) is 3.96. The van der Waals surface area contributed by atoms with Gasteiger partial charge in [-0.1, -0.05) is 19.9 Å². The predicted octanol–water partition coefficient (Wildman–Crippen LogP) is 1.37. The van der Waals surface area contributed by atoms with Gasteiger partial charge in [0, 0.05) is 24.4 Å². The second kappa shape index (κ2) is 6.07. The number of rotatable bonds is 5. The van der Waals surface area contributed by atoms with Gasteiger partial charge >= 0.3 is 5.69 Å². The lowest BCUT2D eigenvalue weighted by atomic mass is 10.1. The summed E-state index contributed by atoms with van der Waals surface area (Å²) >= 11 is 0. The number of carbonyl (C=O) groups excluding carboxylic acids is 1. The van der Waals surface area contributed by atoms with E-state index in [9.17, 15) is 9.59 Å². The molecule has 120 valence electrons. The minimum Gasteiger partial charge on any atom is -0.309 e. The maximum absolute atomic E-state index is 12.1. The molecule has 0 saturated carbocycles. The van der Waals surface area contributed by atoms with Gasteiger partial charge in [-0.15, -0.1) is 5.10 Å². The predicted molar refractivity (Wildman–Crippen MR) is 85.4 cm³/mol. The van der Waals surface area contributed by atoms with Crippen molar-refractivity contribution in [3.8, 4) is 0 Å². The number of nitrogens with one attached hydrogen (secondary N) is 2. The van der Waals surface area contributed by atoms with Gasteiger partial charge in [-0.05, 0) is 18.1 Å². The van der Waals surface area contributed by atoms with Crippen molar-refractivity contribution >= 4 is 17.4 Å². The lowest BCUT2D eigenvalue weighted by molar-refractivity contribution is -0.116. The molecule has 0 saturated heterocycles. The van der Waals surface area contributed by atoms with Crippen LogP contribution >= 0.6 is 0 Å². The molecule has 8 heteroatoms. The average molecular weight is 314 g/mol. The Balaban J connectivity index is 1.63. The summed E-state index contributed by atoms with van der Waals surface area (Å²) < 4.78 is 2.74. The van der Waals surface area contributed by atoms with E-state index in [1.54, 1.807) is 24.4 Å². The Bertz CT molecular complexity index is 889. The normalized spacial score (nSPS) is 11.3. The molecule has 8 nitrogen and oxygen atoms in total. The third-order valence-electron chi connectivity index (χ3n) is 3.53. The Morgan fingerprint density at radius 1 is 1.39 bits per heavy atom. The Labute approximate surface area is 132 Å². The first kappa shape index (κ1) is 15.0. The molecule has 2 N–H and O–H groups in total. The van der Waals surface area contributed by atoms with E-state index in [-0.39, 0.29) is 24.6 Å². The van der Waals surface area contributed by atoms with E-state index in [1.165, 1.54) is 9.08 Å². The van der Waals surface area contributed by atoms with Gasteiger partial charge in [0.05, 0.1) is 6.54 Å². The van der Waals surface area contributed by atoms with E-state index in [4.69, 9.17) is 0 Å². The Morgan fingerprint density at radius 3 is 2.91 bits per heavy atom. The first-order valence-corrected chi connectivity index (χ1v) is 7.44. The number of aryl methyl sites for hydroxylation is 1. The molecule has 0 unspecified atom stereocenters. The van der Waals surface area contributed by atoms with Crippen LogP contribution in [0.15, 0.2) is 35.3 Å². The van der Waals surface area contributed by atoms with E-state index in [0.29, 0.717) is 17.4 Å². The van der Waals surface area contributed by atoms with E-state index in [2.05, 4.69) is 20.6 Å². The molecule has 0 aliphatic rings. The summed E-state index contributed by atoms with van der Waals surface area (Å²) in [6.07, 6.45) is 1.80. The van der Waals surface area contributed by atoms with Crippen LogP contribution in [-0.2, 0) is 11.3 Å². The van der Waals surface area contributed by atoms with Gasteiger partial charge in [0.2, 0.25) is 5.91 Å². The lowest BCUT2D eigenvalue weighted by Crippen LogP contribution is -2.24. The van der Waals surface area contributed by atoms with Crippen molar-refractivity contribution in [3.05, 3.63) is 46.6 Å². The quantitative estimate of drug-likeness (QED) is 0.743. The van der Waals surface area contributed by atoms with Crippen LogP contribution in [0.25, 0.3) is 5.65 Å². The highest BCUT2D eigenvalue weighted by molar-refractivity contribution is 5.89. The second-order valence-corrected chi connectivity index (χ2v) is 5.60. The lowest BCUT2D eigenvalue weighted by Gasteiger charge is -2.01. The number of amides is 1. The molecule has 0 radical (unpaired) electrons. The fourth-order valence-corrected chi connectivity index (χ4v) is 2.22. The number of H-pyrrole nitrogens is 1. The number of pyridine rings is 1. The van der Waals surface area contributed by atoms with Gasteiger partial charge in [-0.3, -0.25) is 14.3 Å². The summed E-state index contributed by atoms with van der Waals surface area (Å²) in [6, 6.07) is 7.12. The zero-order valence-corrected chi connectivity index (χ0v) is 13.0. The van der Waals surface area contributed by atoms with Crippen molar-refractivity contribution in [3.63, 3.8) is 0 Å². The Hall–Kier alpha value is -2.90. The summed E-state index contributed by atoms with van der Waals surface area (Å²) in [5.74, 6) is 0.585. The average Bonchev–Trinajstić information content (AvgIpc) is 3.11. The van der Waals surface area contributed by atoms with Gasteiger partial charge in [0.1, 0.15) is 0 Å². The van der Waals surface area contributed by atoms with Crippen LogP contribution < -0.4 is 11.0 Å². The minimum atomic E-state index is -0.254. The van der Waals surface area contributed by atoms with Crippen LogP contribution in [0.4, 0.5) is 5.82 Å². The largest absolute Gasteiger partial charge is 0.350 e. The highest BCUT2D eigenvalue weighted by Gasteiger charge is 2.10. The summed E-state index contributed by atoms with van der Waals surface area (Å²) in [4.78, 5) is 24.1. The number of aromatic nitrogens is 5. The maximum Gasteiger partial charge on any atom is 0.350 e. The molecule has 3 heterocycles. The van der Waals surface area contributed by atoms with Crippen molar-refractivity contribution in [2.45, 2.75) is 32.7 Å². The van der Waals surface area contributed by atoms with E-state index >= 15 is 0 Å². The molecule has 0 spiro atoms. The van der Waals surface area contributed by atoms with E-state index in [0.717, 1.165) is 5.69 Å². The van der Waals surface area contributed by atoms with Gasteiger partial charge in [-0.25, -0.2) is 9.48 Å². The van der Waals surface area contributed by atoms with Crippen molar-refractivity contribution in [1.82, 2.24) is 24.4 Å². The summed E-state index contributed by atoms with van der Waals surface area (Å²) in [5.41, 5.74) is 1.26. The number of hydrogen-bond acceptors (Lipinski definition) is 4. The first-order valence-electron chi connectivity index (χ1n) is 7.44. The molecule has 0 aliphatic heterocycles.